The van der Waals surface area contributed by atoms with E-state index in [0.717, 1.165) is 60.1 Å². The number of likely N-dealkylation sites (tertiary alicyclic amines) is 1. The van der Waals surface area contributed by atoms with Crippen molar-refractivity contribution in [2.75, 3.05) is 19.6 Å². The summed E-state index contributed by atoms with van der Waals surface area (Å²) in [5, 5.41) is 5.51. The van der Waals surface area contributed by atoms with Crippen molar-refractivity contribution in [1.29, 1.82) is 0 Å². The van der Waals surface area contributed by atoms with Gasteiger partial charge >= 0.3 is 0 Å². The molecule has 3 nitrogen and oxygen atoms in total. The molecule has 0 saturated carbocycles. The minimum Gasteiger partial charge on any atom is -0.349 e. The summed E-state index contributed by atoms with van der Waals surface area (Å²) in [4.78, 5) is 18.5. The number of piperidine rings is 1. The van der Waals surface area contributed by atoms with Crippen LogP contribution in [0, 0.1) is 0 Å². The van der Waals surface area contributed by atoms with E-state index in [1.54, 1.807) is 11.8 Å². The van der Waals surface area contributed by atoms with Crippen LogP contribution in [0.5, 0.6) is 0 Å². The van der Waals surface area contributed by atoms with E-state index in [1.807, 2.05) is 18.2 Å². The quantitative estimate of drug-likeness (QED) is 0.198. The fourth-order valence-electron chi connectivity index (χ4n) is 5.97. The molecular weight excluding hydrogens is 520 g/mol. The first-order valence-corrected chi connectivity index (χ1v) is 15.4. The van der Waals surface area contributed by atoms with Crippen LogP contribution >= 0.6 is 11.8 Å². The van der Waals surface area contributed by atoms with E-state index >= 15 is 0 Å². The highest BCUT2D eigenvalue weighted by molar-refractivity contribution is 7.99. The molecule has 1 aliphatic rings. The minimum absolute atomic E-state index is 0.0309. The Labute approximate surface area is 247 Å². The molecule has 5 aromatic carbocycles. The lowest BCUT2D eigenvalue weighted by Crippen LogP contribution is -2.45. The molecule has 4 heteroatoms. The number of amides is 1. The van der Waals surface area contributed by atoms with Crippen LogP contribution in [0.15, 0.2) is 137 Å². The summed E-state index contributed by atoms with van der Waals surface area (Å²) >= 11 is 1.71. The molecule has 5 aromatic rings. The highest BCUT2D eigenvalue weighted by Gasteiger charge is 2.24. The van der Waals surface area contributed by atoms with E-state index in [2.05, 4.69) is 119 Å². The number of carbonyl (C=O) groups excluding carboxylic acids is 1. The molecule has 0 atom stereocenters. The molecule has 1 heterocycles. The average molecular weight is 557 g/mol. The Hall–Kier alpha value is -3.86. The topological polar surface area (TPSA) is 32.3 Å². The summed E-state index contributed by atoms with van der Waals surface area (Å²) in [5.41, 5.74) is 3.51. The van der Waals surface area contributed by atoms with Crippen molar-refractivity contribution in [3.05, 3.63) is 144 Å². The van der Waals surface area contributed by atoms with Crippen LogP contribution in [0.3, 0.4) is 0 Å². The van der Waals surface area contributed by atoms with Gasteiger partial charge in [-0.15, -0.1) is 0 Å². The molecule has 41 heavy (non-hydrogen) atoms. The van der Waals surface area contributed by atoms with Gasteiger partial charge in [-0.1, -0.05) is 115 Å². The van der Waals surface area contributed by atoms with Gasteiger partial charge in [0, 0.05) is 45.8 Å². The predicted molar refractivity (Wildman–Crippen MR) is 171 cm³/mol. The normalized spacial score (nSPS) is 14.4. The van der Waals surface area contributed by atoms with E-state index < -0.39 is 0 Å². The van der Waals surface area contributed by atoms with Gasteiger partial charge in [0.1, 0.15) is 0 Å². The van der Waals surface area contributed by atoms with Crippen LogP contribution in [-0.2, 0) is 0 Å². The zero-order chi connectivity index (χ0) is 27.9. The first kappa shape index (κ1) is 27.3. The lowest BCUT2D eigenvalue weighted by atomic mass is 9.88. The average Bonchev–Trinajstić information content (AvgIpc) is 3.03. The molecule has 0 aliphatic carbocycles. The third kappa shape index (κ3) is 6.73. The van der Waals surface area contributed by atoms with Gasteiger partial charge in [0.05, 0.1) is 0 Å². The summed E-state index contributed by atoms with van der Waals surface area (Å²) in [6.07, 6.45) is 3.04. The van der Waals surface area contributed by atoms with E-state index in [1.165, 1.54) is 16.0 Å². The first-order valence-electron chi connectivity index (χ1n) is 14.6. The molecule has 1 amide bonds. The van der Waals surface area contributed by atoms with Crippen LogP contribution in [0.25, 0.3) is 10.8 Å². The van der Waals surface area contributed by atoms with Crippen molar-refractivity contribution >= 4 is 28.4 Å². The van der Waals surface area contributed by atoms with Crippen LogP contribution in [0.1, 0.15) is 46.7 Å². The number of hydrogen-bond donors (Lipinski definition) is 1. The van der Waals surface area contributed by atoms with Crippen LogP contribution in [0.2, 0.25) is 0 Å². The SMILES string of the molecule is O=C(NC1CCN(CCC(c2ccccc2)c2ccccc2)CC1)c1cccc2cccc(Sc3ccccc3)c12. The second kappa shape index (κ2) is 13.2. The maximum Gasteiger partial charge on any atom is 0.252 e. The molecule has 0 radical (unpaired) electrons. The highest BCUT2D eigenvalue weighted by Crippen LogP contribution is 2.35. The third-order valence-electron chi connectivity index (χ3n) is 8.14. The summed E-state index contributed by atoms with van der Waals surface area (Å²) in [6, 6.07) is 44.6. The largest absolute Gasteiger partial charge is 0.349 e. The Morgan fingerprint density at radius 1 is 0.732 bits per heavy atom. The Kier molecular flexibility index (Phi) is 8.80. The van der Waals surface area contributed by atoms with Crippen molar-refractivity contribution in [2.24, 2.45) is 0 Å². The third-order valence-corrected chi connectivity index (χ3v) is 9.21. The second-order valence-corrected chi connectivity index (χ2v) is 11.9. The van der Waals surface area contributed by atoms with Crippen molar-refractivity contribution in [3.8, 4) is 0 Å². The van der Waals surface area contributed by atoms with Crippen LogP contribution in [-0.4, -0.2) is 36.5 Å². The molecule has 1 fully saturated rings. The van der Waals surface area contributed by atoms with Crippen LogP contribution in [0.4, 0.5) is 0 Å². The van der Waals surface area contributed by atoms with Gasteiger partial charge in [-0.25, -0.2) is 0 Å². The molecule has 1 N–H and O–H groups in total. The second-order valence-electron chi connectivity index (χ2n) is 10.8. The van der Waals surface area contributed by atoms with Crippen LogP contribution < -0.4 is 5.32 Å². The van der Waals surface area contributed by atoms with E-state index in [-0.39, 0.29) is 11.9 Å². The molecule has 206 valence electrons. The molecule has 1 saturated heterocycles. The fourth-order valence-corrected chi connectivity index (χ4v) is 6.99. The van der Waals surface area contributed by atoms with Gasteiger partial charge in [-0.05, 0) is 66.6 Å². The maximum atomic E-state index is 13.6. The molecule has 0 bridgehead atoms. The van der Waals surface area contributed by atoms with Gasteiger partial charge in [-0.2, -0.15) is 0 Å². The number of benzene rings is 5. The van der Waals surface area contributed by atoms with Crippen molar-refractivity contribution in [2.45, 2.75) is 41.0 Å². The molecule has 1 aliphatic heterocycles. The molecule has 6 rings (SSSR count). The number of carbonyl (C=O) groups is 1. The standard InChI is InChI=1S/C37H36N2OS/c40-37(34-20-10-16-30-17-11-21-35(36(30)34)41-32-18-8-3-9-19-32)38-31-22-25-39(26-23-31)27-24-33(28-12-4-1-5-13-28)29-14-6-2-7-15-29/h1-21,31,33H,22-27H2,(H,38,40). The van der Waals surface area contributed by atoms with Gasteiger partial charge in [-0.3, -0.25) is 4.79 Å². The van der Waals surface area contributed by atoms with Crippen molar-refractivity contribution in [1.82, 2.24) is 10.2 Å². The summed E-state index contributed by atoms with van der Waals surface area (Å²) in [6.45, 7) is 3.07. The first-order chi connectivity index (χ1) is 20.2. The number of fused-ring (bicyclic) bond motifs is 1. The lowest BCUT2D eigenvalue weighted by Gasteiger charge is -2.33. The Morgan fingerprint density at radius 3 is 1.95 bits per heavy atom. The van der Waals surface area contributed by atoms with E-state index in [0.29, 0.717) is 5.92 Å². The fraction of sp³-hybridized carbons (Fsp3) is 0.216. The van der Waals surface area contributed by atoms with E-state index in [4.69, 9.17) is 0 Å². The summed E-state index contributed by atoms with van der Waals surface area (Å²) < 4.78 is 0. The number of nitrogens with zero attached hydrogens (tertiary/aromatic N) is 1. The zero-order valence-corrected chi connectivity index (χ0v) is 24.1. The Morgan fingerprint density at radius 2 is 1.32 bits per heavy atom. The van der Waals surface area contributed by atoms with Gasteiger partial charge < -0.3 is 10.2 Å². The smallest absolute Gasteiger partial charge is 0.252 e. The molecule has 0 spiro atoms. The number of nitrogens with one attached hydrogen (secondary N) is 1. The highest BCUT2D eigenvalue weighted by atomic mass is 32.2. The number of hydrogen-bond acceptors (Lipinski definition) is 3. The minimum atomic E-state index is 0.0309. The van der Waals surface area contributed by atoms with Crippen molar-refractivity contribution < 1.29 is 4.79 Å². The molecular formula is C37H36N2OS. The van der Waals surface area contributed by atoms with Gasteiger partial charge in [0.15, 0.2) is 0 Å². The van der Waals surface area contributed by atoms with Crippen molar-refractivity contribution in [3.63, 3.8) is 0 Å². The number of rotatable bonds is 9. The van der Waals surface area contributed by atoms with E-state index in [9.17, 15) is 4.79 Å². The Balaban J connectivity index is 1.09. The van der Waals surface area contributed by atoms with Gasteiger partial charge in [0.25, 0.3) is 5.91 Å². The zero-order valence-electron chi connectivity index (χ0n) is 23.3. The predicted octanol–water partition coefficient (Wildman–Crippen LogP) is 8.41. The summed E-state index contributed by atoms with van der Waals surface area (Å²) in [7, 11) is 0. The maximum absolute atomic E-state index is 13.6. The molecule has 0 aromatic heterocycles. The molecule has 0 unspecified atom stereocenters. The van der Waals surface area contributed by atoms with Gasteiger partial charge in [0.2, 0.25) is 0 Å². The monoisotopic (exact) mass is 556 g/mol. The lowest BCUT2D eigenvalue weighted by molar-refractivity contribution is 0.0912. The summed E-state index contributed by atoms with van der Waals surface area (Å²) in [5.74, 6) is 0.424. The Bertz CT molecular complexity index is 1520.